The molecule has 3 aromatic rings. The van der Waals surface area contributed by atoms with Gasteiger partial charge in [0.1, 0.15) is 12.4 Å². The Morgan fingerprint density at radius 3 is 2.85 bits per heavy atom. The summed E-state index contributed by atoms with van der Waals surface area (Å²) in [5.41, 5.74) is 1.41. The lowest BCUT2D eigenvalue weighted by molar-refractivity contribution is 0.255. The number of carbonyl (C=O) groups excluding carboxylic acids is 1. The van der Waals surface area contributed by atoms with Crippen LogP contribution in [-0.2, 0) is 0 Å². The molecule has 0 bridgehead atoms. The zero-order valence-corrected chi connectivity index (χ0v) is 14.7. The number of aryl methyl sites for hydroxylation is 1. The van der Waals surface area contributed by atoms with Crippen LogP contribution in [-0.4, -0.2) is 28.7 Å². The van der Waals surface area contributed by atoms with Crippen molar-refractivity contribution in [2.45, 2.75) is 13.1 Å². The van der Waals surface area contributed by atoms with Crippen LogP contribution in [0.1, 0.15) is 5.56 Å². The van der Waals surface area contributed by atoms with Gasteiger partial charge in [-0.15, -0.1) is 0 Å². The normalized spacial score (nSPS) is 17.0. The third-order valence-electron chi connectivity index (χ3n) is 4.41. The maximum absolute atomic E-state index is 13.2. The molecular formula is C19H14ClN5O. The van der Waals surface area contributed by atoms with Crippen LogP contribution >= 0.6 is 11.6 Å². The fraction of sp³-hybridized carbons (Fsp3) is 0.158. The minimum Gasteiger partial charge on any atom is -0.287 e. The van der Waals surface area contributed by atoms with Crippen LogP contribution < -0.4 is 9.80 Å². The minimum absolute atomic E-state index is 0.237. The fourth-order valence-corrected chi connectivity index (χ4v) is 3.44. The van der Waals surface area contributed by atoms with E-state index in [-0.39, 0.29) is 12.6 Å². The number of pyridine rings is 2. The summed E-state index contributed by atoms with van der Waals surface area (Å²) in [5.74, 6) is 0.517. The summed E-state index contributed by atoms with van der Waals surface area (Å²) in [6.07, 6.45) is 4.23. The predicted molar refractivity (Wildman–Crippen MR) is 101 cm³/mol. The van der Waals surface area contributed by atoms with E-state index in [0.717, 1.165) is 16.3 Å². The van der Waals surface area contributed by atoms with Gasteiger partial charge >= 0.3 is 12.2 Å². The van der Waals surface area contributed by atoms with Gasteiger partial charge in [0.2, 0.25) is 0 Å². The molecule has 128 valence electrons. The lowest BCUT2D eigenvalue weighted by Crippen LogP contribution is -2.34. The maximum Gasteiger partial charge on any atom is 0.336 e. The molecule has 0 spiro atoms. The Morgan fingerprint density at radius 2 is 2.08 bits per heavy atom. The Labute approximate surface area is 155 Å². The maximum atomic E-state index is 13.2. The van der Waals surface area contributed by atoms with E-state index in [4.69, 9.17) is 18.2 Å². The van der Waals surface area contributed by atoms with Crippen molar-refractivity contribution in [3.8, 4) is 0 Å². The number of anilines is 2. The van der Waals surface area contributed by atoms with Gasteiger partial charge in [0.15, 0.2) is 0 Å². The molecule has 2 aromatic heterocycles. The van der Waals surface area contributed by atoms with E-state index in [9.17, 15) is 4.79 Å². The topological polar surface area (TPSA) is 53.7 Å². The lowest BCUT2D eigenvalue weighted by atomic mass is 10.1. The molecule has 2 amide bonds. The highest BCUT2D eigenvalue weighted by atomic mass is 35.5. The van der Waals surface area contributed by atoms with Gasteiger partial charge in [-0.05, 0) is 18.6 Å². The van der Waals surface area contributed by atoms with Crippen molar-refractivity contribution in [2.75, 3.05) is 16.3 Å². The molecule has 1 saturated heterocycles. The quantitative estimate of drug-likeness (QED) is 0.638. The minimum atomic E-state index is -0.646. The Kier molecular flexibility index (Phi) is 3.94. The first-order valence-corrected chi connectivity index (χ1v) is 8.40. The van der Waals surface area contributed by atoms with Crippen LogP contribution in [0.2, 0.25) is 5.02 Å². The number of amides is 2. The number of nitrogens with zero attached hydrogens (tertiary/aromatic N) is 5. The van der Waals surface area contributed by atoms with Crippen molar-refractivity contribution < 1.29 is 4.79 Å². The second-order valence-corrected chi connectivity index (χ2v) is 6.48. The first-order chi connectivity index (χ1) is 12.6. The Bertz CT molecular complexity index is 1060. The standard InChI is InChI=1S/C19H14ClN5O/c1-12-7-14(20)9-23-18(12)24-11-17(21-2)25(19(24)26)16-10-22-8-13-5-3-4-6-15(13)16/h3-10,17H,11H2,1H3/t17-/m0/s1. The molecule has 1 fully saturated rings. The van der Waals surface area contributed by atoms with Gasteiger partial charge in [-0.25, -0.2) is 21.3 Å². The molecule has 0 aliphatic carbocycles. The highest BCUT2D eigenvalue weighted by Crippen LogP contribution is 2.34. The Balaban J connectivity index is 1.82. The average Bonchev–Trinajstić information content (AvgIpc) is 2.97. The van der Waals surface area contributed by atoms with E-state index in [1.54, 1.807) is 18.5 Å². The second kappa shape index (κ2) is 6.28. The van der Waals surface area contributed by atoms with E-state index in [2.05, 4.69) is 14.8 Å². The van der Waals surface area contributed by atoms with Crippen LogP contribution in [0, 0.1) is 13.5 Å². The number of carbonyl (C=O) groups is 1. The summed E-state index contributed by atoms with van der Waals surface area (Å²) < 4.78 is 0. The number of rotatable bonds is 2. The first kappa shape index (κ1) is 16.3. The number of benzene rings is 1. The first-order valence-electron chi connectivity index (χ1n) is 8.02. The van der Waals surface area contributed by atoms with Crippen LogP contribution in [0.3, 0.4) is 0 Å². The van der Waals surface area contributed by atoms with Crippen LogP contribution in [0.5, 0.6) is 0 Å². The molecule has 26 heavy (non-hydrogen) atoms. The summed E-state index contributed by atoms with van der Waals surface area (Å²) in [4.78, 5) is 28.4. The van der Waals surface area contributed by atoms with Crippen molar-refractivity contribution in [2.24, 2.45) is 0 Å². The number of hydrogen-bond acceptors (Lipinski definition) is 3. The number of hydrogen-bond donors (Lipinski definition) is 0. The zero-order chi connectivity index (χ0) is 18.3. The molecule has 1 aliphatic rings. The van der Waals surface area contributed by atoms with E-state index in [1.165, 1.54) is 16.0 Å². The monoisotopic (exact) mass is 363 g/mol. The molecule has 3 heterocycles. The molecule has 1 aliphatic heterocycles. The van der Waals surface area contributed by atoms with Crippen LogP contribution in [0.25, 0.3) is 15.6 Å². The smallest absolute Gasteiger partial charge is 0.287 e. The third-order valence-corrected chi connectivity index (χ3v) is 4.62. The second-order valence-electron chi connectivity index (χ2n) is 6.05. The van der Waals surface area contributed by atoms with Crippen LogP contribution in [0.15, 0.2) is 48.9 Å². The largest absolute Gasteiger partial charge is 0.336 e. The van der Waals surface area contributed by atoms with Crippen molar-refractivity contribution in [1.82, 2.24) is 9.97 Å². The predicted octanol–water partition coefficient (Wildman–Crippen LogP) is 4.28. The van der Waals surface area contributed by atoms with Gasteiger partial charge in [0.25, 0.3) is 0 Å². The highest BCUT2D eigenvalue weighted by Gasteiger charge is 2.45. The summed E-state index contributed by atoms with van der Waals surface area (Å²) in [6.45, 7) is 9.64. The SMILES string of the molecule is [C-]#[N+][C@@H]1CN(c2ncc(Cl)cc2C)C(=O)N1c1cncc2ccccc12. The number of aromatic nitrogens is 2. The molecule has 1 aromatic carbocycles. The molecule has 1 atom stereocenters. The van der Waals surface area contributed by atoms with E-state index < -0.39 is 6.17 Å². The van der Waals surface area contributed by atoms with E-state index >= 15 is 0 Å². The van der Waals surface area contributed by atoms with Gasteiger partial charge in [-0.3, -0.25) is 14.7 Å². The van der Waals surface area contributed by atoms with Gasteiger partial charge in [0.05, 0.1) is 16.9 Å². The molecule has 0 unspecified atom stereocenters. The van der Waals surface area contributed by atoms with Gasteiger partial charge in [-0.1, -0.05) is 35.9 Å². The summed E-state index contributed by atoms with van der Waals surface area (Å²) in [5, 5.41) is 2.31. The average molecular weight is 364 g/mol. The fourth-order valence-electron chi connectivity index (χ4n) is 3.23. The molecule has 0 N–H and O–H groups in total. The van der Waals surface area contributed by atoms with Gasteiger partial charge in [0, 0.05) is 23.2 Å². The number of fused-ring (bicyclic) bond motifs is 1. The molecule has 0 radical (unpaired) electrons. The van der Waals surface area contributed by atoms with Crippen molar-refractivity contribution in [3.05, 3.63) is 70.9 Å². The molecular weight excluding hydrogens is 350 g/mol. The Morgan fingerprint density at radius 1 is 1.27 bits per heavy atom. The Hall–Kier alpha value is -3.17. The zero-order valence-electron chi connectivity index (χ0n) is 13.9. The molecule has 7 heteroatoms. The molecule has 0 saturated carbocycles. The summed E-state index contributed by atoms with van der Waals surface area (Å²) in [6, 6.07) is 9.15. The highest BCUT2D eigenvalue weighted by molar-refractivity contribution is 6.30. The summed E-state index contributed by atoms with van der Waals surface area (Å²) in [7, 11) is 0. The molecule has 6 nitrogen and oxygen atoms in total. The van der Waals surface area contributed by atoms with Crippen LogP contribution in [0.4, 0.5) is 16.3 Å². The number of halogens is 1. The summed E-state index contributed by atoms with van der Waals surface area (Å²) >= 11 is 5.97. The van der Waals surface area contributed by atoms with E-state index in [0.29, 0.717) is 16.5 Å². The third kappa shape index (κ3) is 2.54. The van der Waals surface area contributed by atoms with Gasteiger partial charge in [-0.2, -0.15) is 0 Å². The molecule has 4 rings (SSSR count). The van der Waals surface area contributed by atoms with E-state index in [1.807, 2.05) is 31.2 Å². The van der Waals surface area contributed by atoms with Gasteiger partial charge < -0.3 is 0 Å². The van der Waals surface area contributed by atoms with Crippen molar-refractivity contribution in [3.63, 3.8) is 0 Å². The number of urea groups is 1. The van der Waals surface area contributed by atoms with Crippen molar-refractivity contribution in [1.29, 1.82) is 0 Å². The van der Waals surface area contributed by atoms with Crippen molar-refractivity contribution >= 4 is 39.9 Å². The lowest BCUT2D eigenvalue weighted by Gasteiger charge is -2.19.